The van der Waals surface area contributed by atoms with E-state index in [2.05, 4.69) is 4.98 Å². The topological polar surface area (TPSA) is 33.1 Å². The SMILES string of the molecule is CB(O)c1ccnc(C)c1C. The molecule has 0 unspecified atom stereocenters. The molecule has 0 radical (unpaired) electrons. The van der Waals surface area contributed by atoms with Crippen LogP contribution in [0, 0.1) is 13.8 Å². The Morgan fingerprint density at radius 2 is 2.09 bits per heavy atom. The third kappa shape index (κ3) is 1.60. The Labute approximate surface area is 67.4 Å². The largest absolute Gasteiger partial charge is 0.446 e. The number of aryl methyl sites for hydroxylation is 1. The average Bonchev–Trinajstić information content (AvgIpc) is 1.94. The van der Waals surface area contributed by atoms with Crippen LogP contribution in [0.5, 0.6) is 0 Å². The van der Waals surface area contributed by atoms with Crippen LogP contribution in [-0.2, 0) is 0 Å². The minimum absolute atomic E-state index is 0.392. The smallest absolute Gasteiger partial charge is 0.320 e. The van der Waals surface area contributed by atoms with Crippen molar-refractivity contribution in [2.45, 2.75) is 20.7 Å². The van der Waals surface area contributed by atoms with Crippen molar-refractivity contribution in [2.24, 2.45) is 0 Å². The van der Waals surface area contributed by atoms with Crippen molar-refractivity contribution in [1.29, 1.82) is 0 Å². The van der Waals surface area contributed by atoms with Crippen LogP contribution in [0.15, 0.2) is 12.3 Å². The molecule has 0 aliphatic heterocycles. The Hall–Kier alpha value is -0.825. The van der Waals surface area contributed by atoms with E-state index in [1.165, 1.54) is 0 Å². The summed E-state index contributed by atoms with van der Waals surface area (Å²) in [7, 11) is 0. The van der Waals surface area contributed by atoms with Crippen molar-refractivity contribution in [3.63, 3.8) is 0 Å². The first-order valence-electron chi connectivity index (χ1n) is 3.73. The lowest BCUT2D eigenvalue weighted by atomic mass is 9.63. The van der Waals surface area contributed by atoms with E-state index in [0.717, 1.165) is 16.7 Å². The number of pyridine rings is 1. The van der Waals surface area contributed by atoms with Crippen LogP contribution in [0.25, 0.3) is 0 Å². The Bertz CT molecular complexity index is 260. The molecule has 1 heterocycles. The molecule has 0 amide bonds. The van der Waals surface area contributed by atoms with E-state index in [4.69, 9.17) is 0 Å². The normalized spacial score (nSPS) is 9.82. The molecule has 0 aliphatic carbocycles. The van der Waals surface area contributed by atoms with E-state index in [1.807, 2.05) is 19.9 Å². The van der Waals surface area contributed by atoms with Gasteiger partial charge in [0.05, 0.1) is 0 Å². The number of hydrogen-bond donors (Lipinski definition) is 1. The lowest BCUT2D eigenvalue weighted by Gasteiger charge is -2.06. The molecule has 0 atom stereocenters. The maximum Gasteiger partial charge on any atom is 0.320 e. The van der Waals surface area contributed by atoms with Crippen LogP contribution in [0.2, 0.25) is 6.82 Å². The van der Waals surface area contributed by atoms with Crippen molar-refractivity contribution in [3.05, 3.63) is 23.5 Å². The zero-order chi connectivity index (χ0) is 8.43. The predicted octanol–water partition coefficient (Wildman–Crippen LogP) is 0.519. The molecule has 1 aromatic heterocycles. The fourth-order valence-electron chi connectivity index (χ4n) is 1.11. The fraction of sp³-hybridized carbons (Fsp3) is 0.375. The average molecular weight is 149 g/mol. The van der Waals surface area contributed by atoms with Crippen LogP contribution in [-0.4, -0.2) is 16.9 Å². The molecule has 11 heavy (non-hydrogen) atoms. The third-order valence-electron chi connectivity index (χ3n) is 1.95. The quantitative estimate of drug-likeness (QED) is 0.590. The summed E-state index contributed by atoms with van der Waals surface area (Å²) in [5.74, 6) is 0. The van der Waals surface area contributed by atoms with Gasteiger partial charge in [0.2, 0.25) is 0 Å². The van der Waals surface area contributed by atoms with Gasteiger partial charge in [-0.15, -0.1) is 0 Å². The van der Waals surface area contributed by atoms with Gasteiger partial charge in [0.1, 0.15) is 0 Å². The minimum Gasteiger partial charge on any atom is -0.446 e. The first-order valence-corrected chi connectivity index (χ1v) is 3.73. The van der Waals surface area contributed by atoms with Gasteiger partial charge in [-0.2, -0.15) is 0 Å². The highest BCUT2D eigenvalue weighted by molar-refractivity contribution is 6.65. The van der Waals surface area contributed by atoms with Gasteiger partial charge in [0, 0.05) is 11.9 Å². The Kier molecular flexibility index (Phi) is 2.30. The van der Waals surface area contributed by atoms with Crippen LogP contribution in [0.3, 0.4) is 0 Å². The second-order valence-electron chi connectivity index (χ2n) is 2.79. The molecule has 0 fully saturated rings. The first-order chi connectivity index (χ1) is 5.13. The van der Waals surface area contributed by atoms with E-state index >= 15 is 0 Å². The van der Waals surface area contributed by atoms with Gasteiger partial charge < -0.3 is 5.02 Å². The van der Waals surface area contributed by atoms with Gasteiger partial charge in [0.15, 0.2) is 0 Å². The number of hydrogen-bond acceptors (Lipinski definition) is 2. The molecule has 0 aromatic carbocycles. The summed E-state index contributed by atoms with van der Waals surface area (Å²) in [5.41, 5.74) is 3.04. The Morgan fingerprint density at radius 1 is 1.45 bits per heavy atom. The highest BCUT2D eigenvalue weighted by Crippen LogP contribution is 1.99. The van der Waals surface area contributed by atoms with Crippen LogP contribution < -0.4 is 5.46 Å². The van der Waals surface area contributed by atoms with Crippen molar-refractivity contribution in [2.75, 3.05) is 0 Å². The highest BCUT2D eigenvalue weighted by atomic mass is 16.2. The number of nitrogens with zero attached hydrogens (tertiary/aromatic N) is 1. The molecule has 0 saturated carbocycles. The molecule has 1 aromatic rings. The standard InChI is InChI=1S/C8H12BNO/c1-6-7(2)10-5-4-8(6)9(3)11/h4-5,11H,1-3H3. The van der Waals surface area contributed by atoms with E-state index in [-0.39, 0.29) is 0 Å². The second-order valence-corrected chi connectivity index (χ2v) is 2.79. The molecule has 58 valence electrons. The van der Waals surface area contributed by atoms with Crippen molar-refractivity contribution < 1.29 is 5.02 Å². The van der Waals surface area contributed by atoms with Crippen molar-refractivity contribution >= 4 is 12.4 Å². The summed E-state index contributed by atoms with van der Waals surface area (Å²) in [6, 6.07) is 1.85. The maximum atomic E-state index is 9.30. The molecule has 0 aliphatic rings. The van der Waals surface area contributed by atoms with E-state index in [9.17, 15) is 5.02 Å². The van der Waals surface area contributed by atoms with Gasteiger partial charge in [-0.25, -0.2) is 0 Å². The summed E-state index contributed by atoms with van der Waals surface area (Å²) in [5, 5.41) is 9.30. The lowest BCUT2D eigenvalue weighted by molar-refractivity contribution is 0.593. The minimum atomic E-state index is -0.392. The summed E-state index contributed by atoms with van der Waals surface area (Å²) in [6.07, 6.45) is 1.73. The third-order valence-corrected chi connectivity index (χ3v) is 1.95. The zero-order valence-electron chi connectivity index (χ0n) is 7.13. The molecule has 0 spiro atoms. The van der Waals surface area contributed by atoms with Gasteiger partial charge in [-0.3, -0.25) is 4.98 Å². The van der Waals surface area contributed by atoms with Crippen LogP contribution in [0.4, 0.5) is 0 Å². The van der Waals surface area contributed by atoms with Crippen molar-refractivity contribution in [3.8, 4) is 0 Å². The van der Waals surface area contributed by atoms with Gasteiger partial charge in [-0.05, 0) is 30.9 Å². The molecule has 0 bridgehead atoms. The summed E-state index contributed by atoms with van der Waals surface area (Å²) in [4.78, 5) is 4.11. The van der Waals surface area contributed by atoms with E-state index in [0.29, 0.717) is 0 Å². The number of rotatable bonds is 1. The van der Waals surface area contributed by atoms with Crippen LogP contribution in [0.1, 0.15) is 11.3 Å². The molecule has 1 rings (SSSR count). The zero-order valence-corrected chi connectivity index (χ0v) is 7.13. The summed E-state index contributed by atoms with van der Waals surface area (Å²) < 4.78 is 0. The maximum absolute atomic E-state index is 9.30. The highest BCUT2D eigenvalue weighted by Gasteiger charge is 2.10. The first kappa shape index (κ1) is 8.27. The predicted molar refractivity (Wildman–Crippen MR) is 47.2 cm³/mol. The second kappa shape index (κ2) is 3.05. The summed E-state index contributed by atoms with van der Waals surface area (Å²) >= 11 is 0. The van der Waals surface area contributed by atoms with Crippen LogP contribution >= 0.6 is 0 Å². The van der Waals surface area contributed by atoms with Gasteiger partial charge >= 0.3 is 6.92 Å². The molecule has 0 saturated heterocycles. The fourth-order valence-corrected chi connectivity index (χ4v) is 1.11. The monoisotopic (exact) mass is 149 g/mol. The van der Waals surface area contributed by atoms with Gasteiger partial charge in [0.25, 0.3) is 0 Å². The molecular formula is C8H12BNO. The van der Waals surface area contributed by atoms with E-state index in [1.54, 1.807) is 13.0 Å². The molecule has 2 nitrogen and oxygen atoms in total. The van der Waals surface area contributed by atoms with Crippen molar-refractivity contribution in [1.82, 2.24) is 4.98 Å². The molecular weight excluding hydrogens is 137 g/mol. The molecule has 1 N–H and O–H groups in total. The Morgan fingerprint density at radius 3 is 2.55 bits per heavy atom. The summed E-state index contributed by atoms with van der Waals surface area (Å²) in [6.45, 7) is 5.30. The number of aromatic nitrogens is 1. The Balaban J connectivity index is 3.17. The van der Waals surface area contributed by atoms with E-state index < -0.39 is 6.92 Å². The molecule has 3 heteroatoms. The lowest BCUT2D eigenvalue weighted by Crippen LogP contribution is -2.29. The van der Waals surface area contributed by atoms with Gasteiger partial charge in [-0.1, -0.05) is 6.82 Å².